The first kappa shape index (κ1) is 18.9. The third kappa shape index (κ3) is 2.72. The molecule has 0 fully saturated rings. The predicted molar refractivity (Wildman–Crippen MR) is 130 cm³/mol. The molecule has 4 nitrogen and oxygen atoms in total. The lowest BCUT2D eigenvalue weighted by atomic mass is 9.74. The van der Waals surface area contributed by atoms with E-state index in [1.807, 2.05) is 6.07 Å². The average molecular weight is 420 g/mol. The van der Waals surface area contributed by atoms with Crippen LogP contribution in [-0.2, 0) is 6.42 Å². The fourth-order valence-electron chi connectivity index (χ4n) is 5.78. The summed E-state index contributed by atoms with van der Waals surface area (Å²) in [6.07, 6.45) is 1.02. The van der Waals surface area contributed by atoms with Gasteiger partial charge in [0.1, 0.15) is 11.6 Å². The summed E-state index contributed by atoms with van der Waals surface area (Å²) >= 11 is 0. The lowest BCUT2D eigenvalue weighted by Gasteiger charge is -2.38. The second-order valence-electron chi connectivity index (χ2n) is 8.78. The summed E-state index contributed by atoms with van der Waals surface area (Å²) in [5, 5.41) is 14.2. The molecule has 158 valence electrons. The minimum atomic E-state index is 0.110. The number of hydrogen-bond donors (Lipinski definition) is 3. The van der Waals surface area contributed by atoms with Gasteiger partial charge in [-0.2, -0.15) is 0 Å². The fourth-order valence-corrected chi connectivity index (χ4v) is 5.78. The lowest BCUT2D eigenvalue weighted by molar-refractivity contribution is 0.415. The van der Waals surface area contributed by atoms with Gasteiger partial charge in [0.25, 0.3) is 0 Å². The molecule has 0 spiro atoms. The first-order valence-electron chi connectivity index (χ1n) is 11.0. The Morgan fingerprint density at radius 2 is 1.69 bits per heavy atom. The average Bonchev–Trinajstić information content (AvgIpc) is 3.22. The van der Waals surface area contributed by atoms with Crippen molar-refractivity contribution < 1.29 is 4.74 Å². The molecular weight excluding hydrogens is 394 g/mol. The number of ether oxygens (including phenoxy) is 1. The molecule has 0 radical (unpaired) electrons. The Hall–Kier alpha value is -3.79. The van der Waals surface area contributed by atoms with Gasteiger partial charge in [-0.15, -0.1) is 0 Å². The molecule has 4 aromatic carbocycles. The van der Waals surface area contributed by atoms with E-state index in [9.17, 15) is 0 Å². The van der Waals surface area contributed by atoms with Crippen LogP contribution in [0.4, 0.5) is 5.69 Å². The summed E-state index contributed by atoms with van der Waals surface area (Å²) in [5.41, 5.74) is 13.1. The summed E-state index contributed by atoms with van der Waals surface area (Å²) in [5.74, 6) is 1.66. The summed E-state index contributed by atoms with van der Waals surface area (Å²) in [4.78, 5) is 0. The number of hydrogen-bond acceptors (Lipinski definition) is 3. The normalized spacial score (nSPS) is 20.7. The molecule has 1 aliphatic heterocycles. The Labute approximate surface area is 187 Å². The zero-order valence-electron chi connectivity index (χ0n) is 17.9. The molecule has 3 atom stereocenters. The number of amidine groups is 1. The van der Waals surface area contributed by atoms with Crippen LogP contribution in [0.1, 0.15) is 39.8 Å². The van der Waals surface area contributed by atoms with Crippen LogP contribution in [0.3, 0.4) is 0 Å². The lowest BCUT2D eigenvalue weighted by Crippen LogP contribution is -2.31. The minimum absolute atomic E-state index is 0.110. The Kier molecular flexibility index (Phi) is 4.22. The van der Waals surface area contributed by atoms with E-state index in [4.69, 9.17) is 15.9 Å². The zero-order chi connectivity index (χ0) is 21.8. The van der Waals surface area contributed by atoms with Gasteiger partial charge >= 0.3 is 0 Å². The van der Waals surface area contributed by atoms with E-state index in [-0.39, 0.29) is 17.8 Å². The predicted octanol–water partition coefficient (Wildman–Crippen LogP) is 5.60. The number of methoxy groups -OCH3 is 1. The monoisotopic (exact) mass is 419 g/mol. The fraction of sp³-hybridized carbons (Fsp3) is 0.179. The van der Waals surface area contributed by atoms with E-state index in [1.54, 1.807) is 7.11 Å². The van der Waals surface area contributed by atoms with Gasteiger partial charge in [-0.25, -0.2) is 0 Å². The zero-order valence-corrected chi connectivity index (χ0v) is 17.9. The number of rotatable bonds is 3. The van der Waals surface area contributed by atoms with Crippen LogP contribution in [0, 0.1) is 11.3 Å². The van der Waals surface area contributed by atoms with Gasteiger partial charge in [0.15, 0.2) is 0 Å². The standard InChI is InChI=1S/C28H25N3O/c1-32-25-13-11-21(19-8-4-5-9-20(19)25)27-23-14-16-6-2-3-7-18(16)26(23)22-15-17(28(29)30)10-12-24(22)31-27/h2-13,15,23,26-27,31H,14H2,1H3,(H3,29,30). The van der Waals surface area contributed by atoms with Crippen LogP contribution in [0.2, 0.25) is 0 Å². The highest BCUT2D eigenvalue weighted by Gasteiger charge is 2.43. The van der Waals surface area contributed by atoms with Crippen LogP contribution in [-0.4, -0.2) is 12.9 Å². The maximum Gasteiger partial charge on any atom is 0.126 e. The third-order valence-electron chi connectivity index (χ3n) is 7.18. The van der Waals surface area contributed by atoms with E-state index < -0.39 is 0 Å². The molecular formula is C28H25N3O. The molecule has 4 heteroatoms. The molecule has 0 aromatic heterocycles. The van der Waals surface area contributed by atoms with Gasteiger partial charge in [0, 0.05) is 22.6 Å². The summed E-state index contributed by atoms with van der Waals surface area (Å²) in [6.45, 7) is 0. The van der Waals surface area contributed by atoms with Crippen molar-refractivity contribution in [3.63, 3.8) is 0 Å². The molecule has 2 aliphatic rings. The maximum absolute atomic E-state index is 7.93. The van der Waals surface area contributed by atoms with Gasteiger partial charge < -0.3 is 15.8 Å². The molecule has 0 saturated carbocycles. The largest absolute Gasteiger partial charge is 0.496 e. The third-order valence-corrected chi connectivity index (χ3v) is 7.18. The van der Waals surface area contributed by atoms with E-state index in [2.05, 4.69) is 78.1 Å². The Morgan fingerprint density at radius 1 is 0.906 bits per heavy atom. The van der Waals surface area contributed by atoms with Gasteiger partial charge in [0.05, 0.1) is 13.2 Å². The molecule has 1 aliphatic carbocycles. The van der Waals surface area contributed by atoms with Crippen LogP contribution < -0.4 is 15.8 Å². The molecule has 32 heavy (non-hydrogen) atoms. The smallest absolute Gasteiger partial charge is 0.126 e. The number of nitrogens with one attached hydrogen (secondary N) is 2. The van der Waals surface area contributed by atoms with Crippen molar-refractivity contribution in [1.29, 1.82) is 5.41 Å². The molecule has 3 unspecified atom stereocenters. The highest BCUT2D eigenvalue weighted by molar-refractivity contribution is 5.96. The summed E-state index contributed by atoms with van der Waals surface area (Å²) in [6, 6.07) is 27.9. The molecule has 0 amide bonds. The number of nitrogens with two attached hydrogens (primary N) is 1. The first-order chi connectivity index (χ1) is 15.7. The molecule has 0 saturated heterocycles. The van der Waals surface area contributed by atoms with Gasteiger partial charge in [-0.1, -0.05) is 54.6 Å². The van der Waals surface area contributed by atoms with Crippen molar-refractivity contribution in [1.82, 2.24) is 0 Å². The minimum Gasteiger partial charge on any atom is -0.496 e. The van der Waals surface area contributed by atoms with E-state index in [0.29, 0.717) is 5.92 Å². The number of anilines is 1. The van der Waals surface area contributed by atoms with Crippen LogP contribution in [0.15, 0.2) is 78.9 Å². The van der Waals surface area contributed by atoms with Crippen LogP contribution in [0.25, 0.3) is 10.8 Å². The first-order valence-corrected chi connectivity index (χ1v) is 11.0. The second kappa shape index (κ2) is 7.13. The summed E-state index contributed by atoms with van der Waals surface area (Å²) in [7, 11) is 1.73. The molecule has 0 bridgehead atoms. The van der Waals surface area contributed by atoms with Crippen molar-refractivity contribution in [3.8, 4) is 5.75 Å². The van der Waals surface area contributed by atoms with Crippen molar-refractivity contribution in [3.05, 3.63) is 107 Å². The topological polar surface area (TPSA) is 71.1 Å². The van der Waals surface area contributed by atoms with Crippen LogP contribution in [0.5, 0.6) is 5.75 Å². The molecule has 4 N–H and O–H groups in total. The summed E-state index contributed by atoms with van der Waals surface area (Å²) < 4.78 is 5.65. The number of nitrogen functional groups attached to an aromatic ring is 1. The van der Waals surface area contributed by atoms with Gasteiger partial charge in [-0.05, 0) is 64.2 Å². The molecule has 6 rings (SSSR count). The quantitative estimate of drug-likeness (QED) is 0.299. The highest BCUT2D eigenvalue weighted by Crippen LogP contribution is 2.54. The Bertz CT molecular complexity index is 1380. The van der Waals surface area contributed by atoms with Crippen molar-refractivity contribution in [2.24, 2.45) is 11.7 Å². The Balaban J connectivity index is 1.57. The SMILES string of the molecule is COc1ccc(C2Nc3ccc(C(=N)N)cc3C3c4ccccc4CC23)c2ccccc12. The van der Waals surface area contributed by atoms with Gasteiger partial charge in [-0.3, -0.25) is 5.41 Å². The van der Waals surface area contributed by atoms with Gasteiger partial charge in [0.2, 0.25) is 0 Å². The van der Waals surface area contributed by atoms with Crippen molar-refractivity contribution >= 4 is 22.3 Å². The highest BCUT2D eigenvalue weighted by atomic mass is 16.5. The van der Waals surface area contributed by atoms with E-state index in [1.165, 1.54) is 27.6 Å². The Morgan fingerprint density at radius 3 is 2.50 bits per heavy atom. The van der Waals surface area contributed by atoms with Crippen molar-refractivity contribution in [2.45, 2.75) is 18.4 Å². The van der Waals surface area contributed by atoms with Crippen molar-refractivity contribution in [2.75, 3.05) is 12.4 Å². The van der Waals surface area contributed by atoms with E-state index >= 15 is 0 Å². The molecule has 4 aromatic rings. The van der Waals surface area contributed by atoms with Crippen LogP contribution >= 0.6 is 0 Å². The van der Waals surface area contributed by atoms with E-state index in [0.717, 1.165) is 28.8 Å². The number of benzene rings is 4. The maximum atomic E-state index is 7.93. The number of fused-ring (bicyclic) bond motifs is 6. The molecule has 1 heterocycles. The second-order valence-corrected chi connectivity index (χ2v) is 8.78.